The third kappa shape index (κ3) is 5.29. The monoisotopic (exact) mass is 442 g/mol. The van der Waals surface area contributed by atoms with Gasteiger partial charge in [-0.3, -0.25) is 9.10 Å². The molecule has 3 rings (SSSR count). The van der Waals surface area contributed by atoms with E-state index >= 15 is 0 Å². The molecule has 2 aromatic carbocycles. The Balaban J connectivity index is 1.84. The van der Waals surface area contributed by atoms with Crippen LogP contribution in [-0.2, 0) is 27.7 Å². The van der Waals surface area contributed by atoms with Crippen molar-refractivity contribution in [3.8, 4) is 0 Å². The minimum atomic E-state index is -3.64. The normalized spacial score (nSPS) is 15.6. The molecule has 5 nitrogen and oxygen atoms in total. The second kappa shape index (κ2) is 9.43. The molecule has 0 saturated heterocycles. The number of carbonyl (C=O) groups is 1. The molecule has 0 unspecified atom stereocenters. The number of nitrogens with one attached hydrogen (secondary N) is 1. The molecule has 0 aliphatic heterocycles. The molecule has 2 atom stereocenters. The van der Waals surface area contributed by atoms with E-state index in [-0.39, 0.29) is 11.9 Å². The lowest BCUT2D eigenvalue weighted by Gasteiger charge is -2.30. The molecule has 0 fully saturated rings. The zero-order valence-corrected chi connectivity index (χ0v) is 20.1. The van der Waals surface area contributed by atoms with Gasteiger partial charge < -0.3 is 5.32 Å². The van der Waals surface area contributed by atoms with Crippen LogP contribution in [0.5, 0.6) is 0 Å². The molecule has 168 valence electrons. The molecular formula is C25H34N2O3S. The number of nitrogens with zero attached hydrogens (tertiary/aromatic N) is 1. The number of carbonyl (C=O) groups excluding carboxylic acids is 1. The minimum absolute atomic E-state index is 0.150. The van der Waals surface area contributed by atoms with Crippen LogP contribution in [0.3, 0.4) is 0 Å². The van der Waals surface area contributed by atoms with Crippen LogP contribution in [0.25, 0.3) is 0 Å². The smallest absolute Gasteiger partial charge is 0.244 e. The van der Waals surface area contributed by atoms with E-state index < -0.39 is 16.1 Å². The van der Waals surface area contributed by atoms with Crippen molar-refractivity contribution in [1.82, 2.24) is 5.32 Å². The van der Waals surface area contributed by atoms with Gasteiger partial charge in [0.1, 0.15) is 6.04 Å². The van der Waals surface area contributed by atoms with Crippen LogP contribution >= 0.6 is 0 Å². The van der Waals surface area contributed by atoms with Crippen molar-refractivity contribution >= 4 is 21.6 Å². The van der Waals surface area contributed by atoms with Crippen molar-refractivity contribution in [1.29, 1.82) is 0 Å². The van der Waals surface area contributed by atoms with E-state index in [1.807, 2.05) is 32.9 Å². The molecule has 1 aliphatic rings. The predicted molar refractivity (Wildman–Crippen MR) is 127 cm³/mol. The molecule has 2 aromatic rings. The van der Waals surface area contributed by atoms with Gasteiger partial charge in [0.15, 0.2) is 0 Å². The van der Waals surface area contributed by atoms with E-state index in [9.17, 15) is 13.2 Å². The molecule has 6 heteroatoms. The fourth-order valence-corrected chi connectivity index (χ4v) is 5.52. The van der Waals surface area contributed by atoms with Crippen LogP contribution in [0.15, 0.2) is 36.4 Å². The van der Waals surface area contributed by atoms with E-state index in [0.29, 0.717) is 5.69 Å². The number of rotatable bonds is 7. The summed E-state index contributed by atoms with van der Waals surface area (Å²) in [7, 11) is -3.64. The number of sulfonamides is 1. The van der Waals surface area contributed by atoms with Gasteiger partial charge in [-0.25, -0.2) is 8.42 Å². The number of benzene rings is 2. The van der Waals surface area contributed by atoms with Crippen LogP contribution in [-0.4, -0.2) is 26.6 Å². The summed E-state index contributed by atoms with van der Waals surface area (Å²) in [5, 5.41) is 3.09. The Kier molecular flexibility index (Phi) is 7.10. The summed E-state index contributed by atoms with van der Waals surface area (Å²) in [6.45, 7) is 7.59. The molecule has 0 radical (unpaired) electrons. The molecule has 0 aromatic heterocycles. The summed E-state index contributed by atoms with van der Waals surface area (Å²) >= 11 is 0. The van der Waals surface area contributed by atoms with E-state index in [2.05, 4.69) is 23.5 Å². The van der Waals surface area contributed by atoms with Gasteiger partial charge in [-0.15, -0.1) is 0 Å². The summed E-state index contributed by atoms with van der Waals surface area (Å²) < 4.78 is 26.4. The maximum absolute atomic E-state index is 13.2. The Hall–Kier alpha value is -2.34. The van der Waals surface area contributed by atoms with Gasteiger partial charge in [0, 0.05) is 0 Å². The molecule has 0 saturated carbocycles. The Bertz CT molecular complexity index is 1060. The van der Waals surface area contributed by atoms with Crippen LogP contribution in [0.4, 0.5) is 5.69 Å². The van der Waals surface area contributed by atoms with Gasteiger partial charge in [-0.2, -0.15) is 0 Å². The first-order chi connectivity index (χ1) is 14.6. The molecule has 0 spiro atoms. The maximum atomic E-state index is 13.2. The molecule has 31 heavy (non-hydrogen) atoms. The maximum Gasteiger partial charge on any atom is 0.244 e. The summed E-state index contributed by atoms with van der Waals surface area (Å²) in [4.78, 5) is 13.2. The highest BCUT2D eigenvalue weighted by molar-refractivity contribution is 7.92. The van der Waals surface area contributed by atoms with Crippen LogP contribution in [0.2, 0.25) is 0 Å². The first-order valence-electron chi connectivity index (χ1n) is 11.1. The first-order valence-corrected chi connectivity index (χ1v) is 13.0. The zero-order valence-electron chi connectivity index (χ0n) is 19.2. The number of anilines is 1. The van der Waals surface area contributed by atoms with Crippen molar-refractivity contribution in [3.05, 3.63) is 64.2 Å². The fourth-order valence-electron chi connectivity index (χ4n) is 4.36. The van der Waals surface area contributed by atoms with E-state index in [1.54, 1.807) is 13.0 Å². The number of fused-ring (bicyclic) bond motifs is 1. The molecule has 0 bridgehead atoms. The lowest BCUT2D eigenvalue weighted by molar-refractivity contribution is -0.122. The summed E-state index contributed by atoms with van der Waals surface area (Å²) in [6, 6.07) is 10.9. The van der Waals surface area contributed by atoms with Crippen molar-refractivity contribution in [2.75, 3.05) is 10.6 Å². The van der Waals surface area contributed by atoms with Crippen molar-refractivity contribution in [2.24, 2.45) is 0 Å². The van der Waals surface area contributed by atoms with Crippen LogP contribution in [0.1, 0.15) is 67.0 Å². The van der Waals surface area contributed by atoms with Crippen LogP contribution < -0.4 is 9.62 Å². The van der Waals surface area contributed by atoms with Gasteiger partial charge in [0.05, 0.1) is 18.0 Å². The standard InChI is InChI=1S/C25H34N2O3S/c1-6-24(22-13-12-20-9-7-8-10-21(20)16-22)26-25(28)19(4)27(31(5,29)30)23-14-11-17(2)18(3)15-23/h11-16,19,24H,6-10H2,1-5H3,(H,26,28)/t19-,24-/m1/s1. The summed E-state index contributed by atoms with van der Waals surface area (Å²) in [6.07, 6.45) is 6.52. The van der Waals surface area contributed by atoms with Gasteiger partial charge in [-0.05, 0) is 92.8 Å². The summed E-state index contributed by atoms with van der Waals surface area (Å²) in [5.74, 6) is -0.298. The Labute approximate surface area is 186 Å². The lowest BCUT2D eigenvalue weighted by Crippen LogP contribution is -2.48. The molecule has 1 amide bonds. The second-order valence-electron chi connectivity index (χ2n) is 8.71. The predicted octanol–water partition coefficient (Wildman–Crippen LogP) is 4.60. The number of aryl methyl sites for hydroxylation is 4. The highest BCUT2D eigenvalue weighted by Crippen LogP contribution is 2.27. The summed E-state index contributed by atoms with van der Waals surface area (Å²) in [5.41, 5.74) is 6.43. The van der Waals surface area contributed by atoms with Crippen LogP contribution in [0, 0.1) is 13.8 Å². The first kappa shape index (κ1) is 23.3. The number of amides is 1. The molecule has 0 heterocycles. The van der Waals surface area contributed by atoms with E-state index in [1.165, 1.54) is 28.3 Å². The molecule has 1 aliphatic carbocycles. The third-order valence-electron chi connectivity index (χ3n) is 6.33. The Morgan fingerprint density at radius 1 is 1.03 bits per heavy atom. The highest BCUT2D eigenvalue weighted by Gasteiger charge is 2.30. The minimum Gasteiger partial charge on any atom is -0.347 e. The number of hydrogen-bond donors (Lipinski definition) is 1. The van der Waals surface area contributed by atoms with E-state index in [0.717, 1.165) is 42.2 Å². The van der Waals surface area contributed by atoms with Crippen molar-refractivity contribution < 1.29 is 13.2 Å². The number of hydrogen-bond acceptors (Lipinski definition) is 3. The highest BCUT2D eigenvalue weighted by atomic mass is 32.2. The third-order valence-corrected chi connectivity index (χ3v) is 7.57. The zero-order chi connectivity index (χ0) is 22.8. The Morgan fingerprint density at radius 2 is 1.71 bits per heavy atom. The SMILES string of the molecule is CC[C@@H](NC(=O)[C@@H](C)N(c1ccc(C)c(C)c1)S(C)(=O)=O)c1ccc2c(c1)CCCC2. The van der Waals surface area contributed by atoms with Crippen molar-refractivity contribution in [2.45, 2.75) is 71.9 Å². The van der Waals surface area contributed by atoms with Crippen molar-refractivity contribution in [3.63, 3.8) is 0 Å². The largest absolute Gasteiger partial charge is 0.347 e. The van der Waals surface area contributed by atoms with Gasteiger partial charge in [0.2, 0.25) is 15.9 Å². The topological polar surface area (TPSA) is 66.5 Å². The van der Waals surface area contributed by atoms with Gasteiger partial charge in [0.25, 0.3) is 0 Å². The lowest BCUT2D eigenvalue weighted by atomic mass is 9.88. The average molecular weight is 443 g/mol. The fraction of sp³-hybridized carbons (Fsp3) is 0.480. The van der Waals surface area contributed by atoms with Gasteiger partial charge >= 0.3 is 0 Å². The average Bonchev–Trinajstić information content (AvgIpc) is 2.73. The quantitative estimate of drug-likeness (QED) is 0.681. The van der Waals surface area contributed by atoms with E-state index in [4.69, 9.17) is 0 Å². The molecule has 1 N–H and O–H groups in total. The molecular weight excluding hydrogens is 408 g/mol. The second-order valence-corrected chi connectivity index (χ2v) is 10.6. The Morgan fingerprint density at radius 3 is 2.32 bits per heavy atom. The van der Waals surface area contributed by atoms with Gasteiger partial charge in [-0.1, -0.05) is 31.2 Å².